The van der Waals surface area contributed by atoms with E-state index < -0.39 is 11.9 Å². The lowest BCUT2D eigenvalue weighted by Crippen LogP contribution is -2.52. The Morgan fingerprint density at radius 3 is 2.61 bits per heavy atom. The number of aromatic nitrogens is 3. The van der Waals surface area contributed by atoms with E-state index in [1.807, 2.05) is 11.8 Å². The number of carbonyl (C=O) groups is 1. The van der Waals surface area contributed by atoms with Gasteiger partial charge in [-0.15, -0.1) is 0 Å². The molecule has 1 aliphatic heterocycles. The Hall–Kier alpha value is -2.49. The van der Waals surface area contributed by atoms with Gasteiger partial charge >= 0.3 is 12.2 Å². The van der Waals surface area contributed by atoms with E-state index in [-0.39, 0.29) is 12.6 Å². The van der Waals surface area contributed by atoms with Gasteiger partial charge in [-0.2, -0.15) is 18.3 Å². The predicted molar refractivity (Wildman–Crippen MR) is 112 cm³/mol. The van der Waals surface area contributed by atoms with Gasteiger partial charge in [0.1, 0.15) is 5.82 Å². The van der Waals surface area contributed by atoms with Crippen LogP contribution in [0.15, 0.2) is 24.4 Å². The van der Waals surface area contributed by atoms with Crippen LogP contribution in [0.2, 0.25) is 5.02 Å². The van der Waals surface area contributed by atoms with Crippen molar-refractivity contribution in [3.05, 3.63) is 40.8 Å². The molecule has 0 radical (unpaired) electrons. The normalized spacial score (nSPS) is 14.7. The number of nitrogens with zero attached hydrogens (tertiary/aromatic N) is 5. The highest BCUT2D eigenvalue weighted by atomic mass is 35.5. The third-order valence-corrected chi connectivity index (χ3v) is 5.45. The van der Waals surface area contributed by atoms with E-state index in [4.69, 9.17) is 11.6 Å². The van der Waals surface area contributed by atoms with E-state index in [0.29, 0.717) is 49.3 Å². The second-order valence-corrected chi connectivity index (χ2v) is 7.80. The lowest BCUT2D eigenvalue weighted by Gasteiger charge is -2.35. The van der Waals surface area contributed by atoms with Gasteiger partial charge in [-0.25, -0.2) is 9.78 Å². The topological polar surface area (TPSA) is 66.3 Å². The van der Waals surface area contributed by atoms with E-state index in [9.17, 15) is 18.0 Å². The van der Waals surface area contributed by atoms with Crippen molar-refractivity contribution in [2.75, 3.05) is 31.1 Å². The zero-order valence-corrected chi connectivity index (χ0v) is 18.1. The van der Waals surface area contributed by atoms with Crippen LogP contribution in [-0.2, 0) is 19.3 Å². The molecule has 170 valence electrons. The number of hydrogen-bond donors (Lipinski definition) is 1. The van der Waals surface area contributed by atoms with Crippen LogP contribution in [0.1, 0.15) is 37.6 Å². The molecule has 3 heterocycles. The summed E-state index contributed by atoms with van der Waals surface area (Å²) in [7, 11) is 0. The number of hydrogen-bond acceptors (Lipinski definition) is 4. The van der Waals surface area contributed by atoms with Crippen LogP contribution in [0, 0.1) is 0 Å². The number of pyridine rings is 1. The van der Waals surface area contributed by atoms with Crippen LogP contribution < -0.4 is 10.2 Å². The summed E-state index contributed by atoms with van der Waals surface area (Å²) in [5.41, 5.74) is -0.593. The Bertz CT molecular complexity index is 880. The predicted octanol–water partition coefficient (Wildman–Crippen LogP) is 4.17. The minimum atomic E-state index is -4.52. The standard InChI is InChI=1S/C20H26ClF3N6O/c1-2-3-4-8-30-15(13-17(27-30)20(22,23)24)14-26-19(31)29-11-9-28(10-12-29)18-16(21)6-5-7-25-18/h5-7,13H,2-4,8-12,14H2,1H3,(H,26,31). The average molecular weight is 459 g/mol. The van der Waals surface area contributed by atoms with Gasteiger partial charge in [-0.3, -0.25) is 4.68 Å². The van der Waals surface area contributed by atoms with Gasteiger partial charge in [-0.05, 0) is 24.6 Å². The molecule has 2 aromatic rings. The van der Waals surface area contributed by atoms with Gasteiger partial charge in [0.25, 0.3) is 0 Å². The van der Waals surface area contributed by atoms with Crippen LogP contribution in [0.4, 0.5) is 23.8 Å². The third-order valence-electron chi connectivity index (χ3n) is 5.15. The molecule has 0 atom stereocenters. The molecule has 0 aromatic carbocycles. The average Bonchev–Trinajstić information content (AvgIpc) is 3.16. The highest BCUT2D eigenvalue weighted by molar-refractivity contribution is 6.32. The highest BCUT2D eigenvalue weighted by Crippen LogP contribution is 2.29. The van der Waals surface area contributed by atoms with E-state index >= 15 is 0 Å². The first-order valence-electron chi connectivity index (χ1n) is 10.3. The van der Waals surface area contributed by atoms with Gasteiger partial charge in [-0.1, -0.05) is 31.4 Å². The molecule has 0 saturated carbocycles. The minimum absolute atomic E-state index is 0.0136. The van der Waals surface area contributed by atoms with E-state index in [1.165, 1.54) is 4.68 Å². The van der Waals surface area contributed by atoms with E-state index in [2.05, 4.69) is 15.4 Å². The largest absolute Gasteiger partial charge is 0.435 e. The zero-order valence-electron chi connectivity index (χ0n) is 17.3. The summed E-state index contributed by atoms with van der Waals surface area (Å²) >= 11 is 6.18. The monoisotopic (exact) mass is 458 g/mol. The number of anilines is 1. The highest BCUT2D eigenvalue weighted by Gasteiger charge is 2.35. The van der Waals surface area contributed by atoms with Gasteiger partial charge in [0.05, 0.1) is 17.3 Å². The Labute approximate surface area is 184 Å². The van der Waals surface area contributed by atoms with Crippen molar-refractivity contribution in [3.8, 4) is 0 Å². The first-order valence-corrected chi connectivity index (χ1v) is 10.7. The molecule has 2 amide bonds. The molecule has 3 rings (SSSR count). The number of alkyl halides is 3. The number of carbonyl (C=O) groups excluding carboxylic acids is 1. The summed E-state index contributed by atoms with van der Waals surface area (Å²) in [6.45, 7) is 4.45. The molecule has 2 aromatic heterocycles. The van der Waals surface area contributed by atoms with Gasteiger partial charge in [0.2, 0.25) is 0 Å². The number of amides is 2. The van der Waals surface area contributed by atoms with Crippen molar-refractivity contribution in [2.45, 2.75) is 45.5 Å². The number of halogens is 4. The van der Waals surface area contributed by atoms with Crippen LogP contribution in [0.3, 0.4) is 0 Å². The van der Waals surface area contributed by atoms with Crippen molar-refractivity contribution >= 4 is 23.4 Å². The molecule has 1 N–H and O–H groups in total. The van der Waals surface area contributed by atoms with Gasteiger partial charge in [0.15, 0.2) is 5.69 Å². The molecule has 31 heavy (non-hydrogen) atoms. The molecule has 11 heteroatoms. The molecule has 0 spiro atoms. The smallest absolute Gasteiger partial charge is 0.352 e. The van der Waals surface area contributed by atoms with Crippen LogP contribution >= 0.6 is 11.6 Å². The molecular weight excluding hydrogens is 433 g/mol. The Balaban J connectivity index is 1.57. The summed E-state index contributed by atoms with van der Waals surface area (Å²) in [6, 6.07) is 4.21. The molecule has 1 aliphatic rings. The Kier molecular flexibility index (Phi) is 7.64. The molecule has 1 saturated heterocycles. The minimum Gasteiger partial charge on any atom is -0.352 e. The molecule has 0 bridgehead atoms. The fourth-order valence-corrected chi connectivity index (χ4v) is 3.69. The van der Waals surface area contributed by atoms with Gasteiger partial charge < -0.3 is 15.1 Å². The number of piperazine rings is 1. The number of nitrogens with one attached hydrogen (secondary N) is 1. The second kappa shape index (κ2) is 10.2. The van der Waals surface area contributed by atoms with Crippen molar-refractivity contribution in [3.63, 3.8) is 0 Å². The summed E-state index contributed by atoms with van der Waals surface area (Å²) in [4.78, 5) is 20.5. The SMILES string of the molecule is CCCCCn1nc(C(F)(F)F)cc1CNC(=O)N1CCN(c2ncccc2Cl)CC1. The van der Waals surface area contributed by atoms with Gasteiger partial charge in [0, 0.05) is 38.9 Å². The fourth-order valence-electron chi connectivity index (χ4n) is 3.45. The van der Waals surface area contributed by atoms with Crippen LogP contribution in [-0.4, -0.2) is 51.9 Å². The maximum atomic E-state index is 13.1. The van der Waals surface area contributed by atoms with Crippen molar-refractivity contribution in [1.29, 1.82) is 0 Å². The van der Waals surface area contributed by atoms with Crippen LogP contribution in [0.25, 0.3) is 0 Å². The van der Waals surface area contributed by atoms with Crippen LogP contribution in [0.5, 0.6) is 0 Å². The lowest BCUT2D eigenvalue weighted by atomic mass is 10.2. The number of rotatable bonds is 7. The third kappa shape index (κ3) is 6.03. The number of aryl methyl sites for hydroxylation is 1. The van der Waals surface area contributed by atoms with Crippen molar-refractivity contribution < 1.29 is 18.0 Å². The quantitative estimate of drug-likeness (QED) is 0.632. The maximum Gasteiger partial charge on any atom is 0.435 e. The molecule has 0 aliphatic carbocycles. The molecule has 7 nitrogen and oxygen atoms in total. The van der Waals surface area contributed by atoms with E-state index in [1.54, 1.807) is 23.2 Å². The first-order chi connectivity index (χ1) is 14.8. The lowest BCUT2D eigenvalue weighted by molar-refractivity contribution is -0.141. The Morgan fingerprint density at radius 1 is 1.23 bits per heavy atom. The maximum absolute atomic E-state index is 13.1. The summed E-state index contributed by atoms with van der Waals surface area (Å²) < 4.78 is 40.6. The zero-order chi connectivity index (χ0) is 22.4. The fraction of sp³-hybridized carbons (Fsp3) is 0.550. The molecule has 1 fully saturated rings. The van der Waals surface area contributed by atoms with E-state index in [0.717, 1.165) is 25.3 Å². The van der Waals surface area contributed by atoms with Crippen molar-refractivity contribution in [2.24, 2.45) is 0 Å². The molecule has 0 unspecified atom stereocenters. The first kappa shape index (κ1) is 23.2. The Morgan fingerprint density at radius 2 is 1.97 bits per heavy atom. The van der Waals surface area contributed by atoms with Crippen molar-refractivity contribution in [1.82, 2.24) is 25.0 Å². The molecular formula is C20H26ClF3N6O. The summed E-state index contributed by atoms with van der Waals surface area (Å²) in [6.07, 6.45) is -0.266. The number of urea groups is 1. The number of unbranched alkanes of at least 4 members (excludes halogenated alkanes) is 2. The summed E-state index contributed by atoms with van der Waals surface area (Å²) in [5, 5.41) is 6.98. The second-order valence-electron chi connectivity index (χ2n) is 7.39. The summed E-state index contributed by atoms with van der Waals surface area (Å²) in [5.74, 6) is 0.680.